The number of aromatic nitrogens is 5. The summed E-state index contributed by atoms with van der Waals surface area (Å²) in [7, 11) is 0. The number of hydrogen-bond donors (Lipinski definition) is 1. The van der Waals surface area contributed by atoms with E-state index in [4.69, 9.17) is 4.52 Å². The molecule has 0 saturated heterocycles. The van der Waals surface area contributed by atoms with Crippen LogP contribution in [0.25, 0.3) is 5.95 Å². The van der Waals surface area contributed by atoms with E-state index >= 15 is 0 Å². The fraction of sp³-hybridized carbons (Fsp3) is 0.333. The van der Waals surface area contributed by atoms with Gasteiger partial charge in [-0.3, -0.25) is 0 Å². The van der Waals surface area contributed by atoms with Crippen molar-refractivity contribution in [2.75, 3.05) is 0 Å². The predicted molar refractivity (Wildman–Crippen MR) is 41.5 cm³/mol. The Hall–Kier alpha value is -1.92. The van der Waals surface area contributed by atoms with Crippen LogP contribution in [0, 0.1) is 13.8 Å². The van der Waals surface area contributed by atoms with Crippen LogP contribution < -0.4 is 5.69 Å². The summed E-state index contributed by atoms with van der Waals surface area (Å²) in [4.78, 5) is 15.1. The molecule has 0 saturated carbocycles. The lowest BCUT2D eigenvalue weighted by Gasteiger charge is -1.91. The SMILES string of the molecule is Cc1nc(-n2c(C)n[nH]c2=O)no1. The summed E-state index contributed by atoms with van der Waals surface area (Å²) in [6.45, 7) is 3.32. The summed E-state index contributed by atoms with van der Waals surface area (Å²) >= 11 is 0. The average molecular weight is 181 g/mol. The normalized spacial score (nSPS) is 10.6. The van der Waals surface area contributed by atoms with Gasteiger partial charge in [-0.2, -0.15) is 10.1 Å². The van der Waals surface area contributed by atoms with E-state index < -0.39 is 0 Å². The fourth-order valence-electron chi connectivity index (χ4n) is 0.991. The third-order valence-corrected chi connectivity index (χ3v) is 1.56. The van der Waals surface area contributed by atoms with Crippen LogP contribution in [0.15, 0.2) is 9.32 Å². The van der Waals surface area contributed by atoms with Crippen molar-refractivity contribution in [1.29, 1.82) is 0 Å². The van der Waals surface area contributed by atoms with Gasteiger partial charge in [-0.15, -0.1) is 0 Å². The minimum atomic E-state index is -0.377. The van der Waals surface area contributed by atoms with Gasteiger partial charge in [0, 0.05) is 6.92 Å². The first-order valence-electron chi connectivity index (χ1n) is 3.63. The van der Waals surface area contributed by atoms with Gasteiger partial charge in [0.1, 0.15) is 5.82 Å². The summed E-state index contributed by atoms with van der Waals surface area (Å²) in [5.74, 6) is 1.10. The second-order valence-electron chi connectivity index (χ2n) is 2.52. The van der Waals surface area contributed by atoms with Crippen LogP contribution in [-0.2, 0) is 0 Å². The van der Waals surface area contributed by atoms with Crippen LogP contribution in [0.4, 0.5) is 0 Å². The molecule has 7 nitrogen and oxygen atoms in total. The van der Waals surface area contributed by atoms with Gasteiger partial charge < -0.3 is 4.52 Å². The Kier molecular flexibility index (Phi) is 1.51. The Bertz CT molecular complexity index is 479. The molecule has 0 unspecified atom stereocenters. The summed E-state index contributed by atoms with van der Waals surface area (Å²) in [5.41, 5.74) is -0.377. The number of aromatic amines is 1. The lowest BCUT2D eigenvalue weighted by atomic mass is 10.7. The molecule has 0 radical (unpaired) electrons. The Morgan fingerprint density at radius 1 is 1.46 bits per heavy atom. The van der Waals surface area contributed by atoms with Gasteiger partial charge in [0.05, 0.1) is 0 Å². The monoisotopic (exact) mass is 181 g/mol. The van der Waals surface area contributed by atoms with Crippen LogP contribution in [0.2, 0.25) is 0 Å². The summed E-state index contributed by atoms with van der Waals surface area (Å²) in [6, 6.07) is 0. The molecule has 0 amide bonds. The van der Waals surface area contributed by atoms with Gasteiger partial charge in [-0.05, 0) is 12.1 Å². The molecule has 2 heterocycles. The summed E-state index contributed by atoms with van der Waals surface area (Å²) in [5, 5.41) is 9.58. The highest BCUT2D eigenvalue weighted by Gasteiger charge is 2.11. The van der Waals surface area contributed by atoms with Crippen molar-refractivity contribution in [3.8, 4) is 5.95 Å². The number of aryl methyl sites for hydroxylation is 2. The number of hydrogen-bond acceptors (Lipinski definition) is 5. The smallest absolute Gasteiger partial charge is 0.338 e. The van der Waals surface area contributed by atoms with Gasteiger partial charge in [0.15, 0.2) is 0 Å². The van der Waals surface area contributed by atoms with E-state index in [1.165, 1.54) is 4.57 Å². The zero-order valence-corrected chi connectivity index (χ0v) is 7.11. The number of rotatable bonds is 1. The largest absolute Gasteiger partial charge is 0.350 e. The molecule has 0 aliphatic rings. The maximum absolute atomic E-state index is 11.2. The van der Waals surface area contributed by atoms with Gasteiger partial charge >= 0.3 is 5.69 Å². The average Bonchev–Trinajstić information content (AvgIpc) is 2.60. The Morgan fingerprint density at radius 3 is 2.69 bits per heavy atom. The van der Waals surface area contributed by atoms with Crippen molar-refractivity contribution in [2.45, 2.75) is 13.8 Å². The third kappa shape index (κ3) is 1.13. The van der Waals surface area contributed by atoms with Crippen molar-refractivity contribution < 1.29 is 4.52 Å². The van der Waals surface area contributed by atoms with Crippen LogP contribution in [0.1, 0.15) is 11.7 Å². The molecular weight excluding hydrogens is 174 g/mol. The molecule has 0 spiro atoms. The predicted octanol–water partition coefficient (Wildman–Crippen LogP) is -0.440. The molecular formula is C6H7N5O2. The van der Waals surface area contributed by atoms with Crippen molar-refractivity contribution >= 4 is 0 Å². The van der Waals surface area contributed by atoms with E-state index in [0.717, 1.165) is 0 Å². The minimum absolute atomic E-state index is 0.203. The molecule has 2 rings (SSSR count). The van der Waals surface area contributed by atoms with Crippen LogP contribution in [-0.4, -0.2) is 24.9 Å². The minimum Gasteiger partial charge on any atom is -0.338 e. The van der Waals surface area contributed by atoms with E-state index in [-0.39, 0.29) is 11.6 Å². The first-order valence-corrected chi connectivity index (χ1v) is 3.63. The maximum Gasteiger partial charge on any atom is 0.350 e. The van der Waals surface area contributed by atoms with Gasteiger partial charge in [-0.25, -0.2) is 14.5 Å². The quantitative estimate of drug-likeness (QED) is 0.644. The van der Waals surface area contributed by atoms with Gasteiger partial charge in [0.25, 0.3) is 5.95 Å². The highest BCUT2D eigenvalue weighted by molar-refractivity contribution is 5.09. The lowest BCUT2D eigenvalue weighted by Crippen LogP contribution is -2.17. The second-order valence-corrected chi connectivity index (χ2v) is 2.52. The molecule has 13 heavy (non-hydrogen) atoms. The van der Waals surface area contributed by atoms with E-state index in [1.807, 2.05) is 0 Å². The third-order valence-electron chi connectivity index (χ3n) is 1.56. The second kappa shape index (κ2) is 2.54. The molecule has 0 bridgehead atoms. The van der Waals surface area contributed by atoms with E-state index in [2.05, 4.69) is 20.3 Å². The Balaban J connectivity index is 2.64. The molecule has 0 atom stereocenters. The van der Waals surface area contributed by atoms with Crippen LogP contribution in [0.3, 0.4) is 0 Å². The number of nitrogens with one attached hydrogen (secondary N) is 1. The first kappa shape index (κ1) is 7.71. The molecule has 0 aliphatic heterocycles. The molecule has 2 aromatic heterocycles. The van der Waals surface area contributed by atoms with Crippen molar-refractivity contribution in [2.24, 2.45) is 0 Å². The van der Waals surface area contributed by atoms with E-state index in [0.29, 0.717) is 11.7 Å². The molecule has 0 aromatic carbocycles. The Morgan fingerprint density at radius 2 is 2.23 bits per heavy atom. The van der Waals surface area contributed by atoms with Crippen LogP contribution in [0.5, 0.6) is 0 Å². The standard InChI is InChI=1S/C6H7N5O2/c1-3-8-9-6(12)11(3)5-7-4(2)13-10-5/h1-2H3,(H,9,12). The molecule has 0 aliphatic carbocycles. The Labute approximate surface area is 72.4 Å². The molecule has 68 valence electrons. The number of nitrogens with zero attached hydrogens (tertiary/aromatic N) is 4. The zero-order valence-electron chi connectivity index (χ0n) is 7.11. The van der Waals surface area contributed by atoms with Crippen molar-refractivity contribution in [1.82, 2.24) is 24.9 Å². The van der Waals surface area contributed by atoms with Gasteiger partial charge in [-0.1, -0.05) is 0 Å². The van der Waals surface area contributed by atoms with Crippen molar-refractivity contribution in [3.63, 3.8) is 0 Å². The lowest BCUT2D eigenvalue weighted by molar-refractivity contribution is 0.390. The zero-order chi connectivity index (χ0) is 9.42. The summed E-state index contributed by atoms with van der Waals surface area (Å²) < 4.78 is 5.97. The fourth-order valence-corrected chi connectivity index (χ4v) is 0.991. The maximum atomic E-state index is 11.2. The highest BCUT2D eigenvalue weighted by atomic mass is 16.5. The van der Waals surface area contributed by atoms with E-state index in [9.17, 15) is 4.79 Å². The van der Waals surface area contributed by atoms with Crippen LogP contribution >= 0.6 is 0 Å². The molecule has 1 N–H and O–H groups in total. The topological polar surface area (TPSA) is 89.6 Å². The number of H-pyrrole nitrogens is 1. The molecule has 2 aromatic rings. The first-order chi connectivity index (χ1) is 6.18. The van der Waals surface area contributed by atoms with E-state index in [1.54, 1.807) is 13.8 Å². The summed E-state index contributed by atoms with van der Waals surface area (Å²) in [6.07, 6.45) is 0. The van der Waals surface area contributed by atoms with Gasteiger partial charge in [0.2, 0.25) is 5.89 Å². The van der Waals surface area contributed by atoms with Crippen molar-refractivity contribution in [3.05, 3.63) is 22.2 Å². The molecule has 7 heteroatoms. The molecule has 0 fully saturated rings. The highest BCUT2D eigenvalue weighted by Crippen LogP contribution is 2.00.